The Labute approximate surface area is 162 Å². The fourth-order valence-electron chi connectivity index (χ4n) is 2.41. The molecule has 142 valence electrons. The van der Waals surface area contributed by atoms with Crippen molar-refractivity contribution in [1.29, 1.82) is 0 Å². The number of nitro groups is 1. The molecule has 1 saturated heterocycles. The van der Waals surface area contributed by atoms with E-state index in [4.69, 9.17) is 0 Å². The summed E-state index contributed by atoms with van der Waals surface area (Å²) < 4.78 is 0. The van der Waals surface area contributed by atoms with Gasteiger partial charge in [-0.15, -0.1) is 0 Å². The van der Waals surface area contributed by atoms with Crippen LogP contribution in [0.25, 0.3) is 6.08 Å². The zero-order chi connectivity index (χ0) is 20.3. The Bertz CT molecular complexity index is 1010. The number of hydrogen-bond acceptors (Lipinski definition) is 7. The molecule has 0 bridgehead atoms. The lowest BCUT2D eigenvalue weighted by Gasteiger charge is -2.13. The Morgan fingerprint density at radius 1 is 1.21 bits per heavy atom. The van der Waals surface area contributed by atoms with Gasteiger partial charge in [0.05, 0.1) is 15.5 Å². The summed E-state index contributed by atoms with van der Waals surface area (Å²) in [7, 11) is 0. The van der Waals surface area contributed by atoms with E-state index in [-0.39, 0.29) is 22.0 Å². The maximum Gasteiger partial charge on any atom is 0.294 e. The minimum absolute atomic E-state index is 0.183. The van der Waals surface area contributed by atoms with E-state index < -0.39 is 28.5 Å². The molecule has 10 heteroatoms. The van der Waals surface area contributed by atoms with Gasteiger partial charge in [0, 0.05) is 12.1 Å². The SMILES string of the molecule is O=C(CN1C(=O)SC(=Cc2ccccc2)C1=O)Nc1cc([N+](=O)[O-])ccc1O. The Kier molecular flexibility index (Phi) is 5.41. The number of amides is 3. The van der Waals surface area contributed by atoms with Crippen molar-refractivity contribution in [2.75, 3.05) is 11.9 Å². The highest BCUT2D eigenvalue weighted by atomic mass is 32.2. The van der Waals surface area contributed by atoms with Gasteiger partial charge in [-0.3, -0.25) is 29.4 Å². The largest absolute Gasteiger partial charge is 0.506 e. The average molecular weight is 399 g/mol. The minimum atomic E-state index is -0.779. The quantitative estimate of drug-likeness (QED) is 0.342. The highest BCUT2D eigenvalue weighted by Gasteiger charge is 2.36. The number of nitrogens with one attached hydrogen (secondary N) is 1. The number of nitro benzene ring substituents is 1. The summed E-state index contributed by atoms with van der Waals surface area (Å²) in [4.78, 5) is 47.8. The fourth-order valence-corrected chi connectivity index (χ4v) is 3.25. The number of benzene rings is 2. The molecule has 1 aliphatic heterocycles. The van der Waals surface area contributed by atoms with Crippen LogP contribution < -0.4 is 5.32 Å². The first kappa shape index (κ1) is 19.1. The molecule has 2 N–H and O–H groups in total. The fraction of sp³-hybridized carbons (Fsp3) is 0.0556. The van der Waals surface area contributed by atoms with Gasteiger partial charge in [0.1, 0.15) is 12.3 Å². The van der Waals surface area contributed by atoms with Crippen molar-refractivity contribution in [3.05, 3.63) is 69.1 Å². The van der Waals surface area contributed by atoms with Crippen LogP contribution in [0.5, 0.6) is 5.75 Å². The number of anilines is 1. The van der Waals surface area contributed by atoms with Gasteiger partial charge in [-0.05, 0) is 29.5 Å². The number of aromatic hydroxyl groups is 1. The van der Waals surface area contributed by atoms with Crippen LogP contribution in [0.3, 0.4) is 0 Å². The average Bonchev–Trinajstić information content (AvgIpc) is 2.91. The standard InChI is InChI=1S/C18H13N3O6S/c22-14-7-6-12(21(26)27)9-13(14)19-16(23)10-20-17(24)15(28-18(20)25)8-11-4-2-1-3-5-11/h1-9,22H,10H2,(H,19,23). The molecule has 1 heterocycles. The van der Waals surface area contributed by atoms with Crippen LogP contribution in [0.2, 0.25) is 0 Å². The lowest BCUT2D eigenvalue weighted by Crippen LogP contribution is -2.36. The Morgan fingerprint density at radius 2 is 1.93 bits per heavy atom. The third-order valence-electron chi connectivity index (χ3n) is 3.74. The number of carbonyl (C=O) groups is 3. The van der Waals surface area contributed by atoms with Crippen molar-refractivity contribution in [2.24, 2.45) is 0 Å². The van der Waals surface area contributed by atoms with E-state index in [1.165, 1.54) is 0 Å². The van der Waals surface area contributed by atoms with Gasteiger partial charge < -0.3 is 10.4 Å². The van der Waals surface area contributed by atoms with Crippen LogP contribution in [0.4, 0.5) is 16.2 Å². The number of phenolic OH excluding ortho intramolecular Hbond substituents is 1. The molecular weight excluding hydrogens is 386 g/mol. The van der Waals surface area contributed by atoms with Gasteiger partial charge in [0.25, 0.3) is 16.8 Å². The van der Waals surface area contributed by atoms with Crippen LogP contribution in [-0.2, 0) is 9.59 Å². The van der Waals surface area contributed by atoms with Crippen molar-refractivity contribution in [2.45, 2.75) is 0 Å². The van der Waals surface area contributed by atoms with Crippen molar-refractivity contribution in [3.63, 3.8) is 0 Å². The molecule has 0 unspecified atom stereocenters. The summed E-state index contributed by atoms with van der Waals surface area (Å²) in [6, 6.07) is 12.1. The third-order valence-corrected chi connectivity index (χ3v) is 4.65. The van der Waals surface area contributed by atoms with Crippen LogP contribution in [0.15, 0.2) is 53.4 Å². The first-order valence-corrected chi connectivity index (χ1v) is 8.74. The summed E-state index contributed by atoms with van der Waals surface area (Å²) in [5.74, 6) is -1.77. The van der Waals surface area contributed by atoms with Gasteiger partial charge in [0.15, 0.2) is 0 Å². The summed E-state index contributed by atoms with van der Waals surface area (Å²) >= 11 is 0.714. The molecule has 2 aromatic carbocycles. The van der Waals surface area contributed by atoms with Crippen molar-refractivity contribution < 1.29 is 24.4 Å². The Morgan fingerprint density at radius 3 is 2.61 bits per heavy atom. The van der Waals surface area contributed by atoms with Gasteiger partial charge >= 0.3 is 0 Å². The van der Waals surface area contributed by atoms with Crippen LogP contribution in [0, 0.1) is 10.1 Å². The predicted octanol–water partition coefficient (Wildman–Crippen LogP) is 2.98. The predicted molar refractivity (Wildman–Crippen MR) is 103 cm³/mol. The number of non-ortho nitro benzene ring substituents is 1. The first-order valence-electron chi connectivity index (χ1n) is 7.93. The summed E-state index contributed by atoms with van der Waals surface area (Å²) in [6.45, 7) is -0.584. The van der Waals surface area contributed by atoms with Crippen molar-refractivity contribution in [3.8, 4) is 5.75 Å². The van der Waals surface area contributed by atoms with E-state index in [2.05, 4.69) is 5.32 Å². The zero-order valence-electron chi connectivity index (χ0n) is 14.2. The van der Waals surface area contributed by atoms with Crippen molar-refractivity contribution >= 4 is 46.3 Å². The molecular formula is C18H13N3O6S. The van der Waals surface area contributed by atoms with E-state index in [9.17, 15) is 29.6 Å². The number of hydrogen-bond donors (Lipinski definition) is 2. The Balaban J connectivity index is 1.72. The first-order chi connectivity index (χ1) is 13.3. The number of imide groups is 1. The van der Waals surface area contributed by atoms with Gasteiger partial charge in [-0.1, -0.05) is 30.3 Å². The van der Waals surface area contributed by atoms with E-state index >= 15 is 0 Å². The maximum atomic E-state index is 12.4. The Hall–Kier alpha value is -3.66. The highest BCUT2D eigenvalue weighted by molar-refractivity contribution is 8.18. The molecule has 3 amide bonds. The van der Waals surface area contributed by atoms with E-state index in [0.29, 0.717) is 11.8 Å². The topological polar surface area (TPSA) is 130 Å². The van der Waals surface area contributed by atoms with Crippen molar-refractivity contribution in [1.82, 2.24) is 4.90 Å². The third kappa shape index (κ3) is 4.18. The lowest BCUT2D eigenvalue weighted by atomic mass is 10.2. The number of nitrogens with zero attached hydrogens (tertiary/aromatic N) is 2. The lowest BCUT2D eigenvalue weighted by molar-refractivity contribution is -0.384. The van der Waals surface area contributed by atoms with E-state index in [0.717, 1.165) is 28.7 Å². The molecule has 3 rings (SSSR count). The number of phenols is 1. The normalized spacial score (nSPS) is 15.1. The number of rotatable bonds is 5. The van der Waals surface area contributed by atoms with Crippen LogP contribution >= 0.6 is 11.8 Å². The van der Waals surface area contributed by atoms with Gasteiger partial charge in [-0.2, -0.15) is 0 Å². The second-order valence-corrected chi connectivity index (χ2v) is 6.68. The van der Waals surface area contributed by atoms with E-state index in [1.54, 1.807) is 30.3 Å². The minimum Gasteiger partial charge on any atom is -0.506 e. The summed E-state index contributed by atoms with van der Waals surface area (Å²) in [5.41, 5.74) is 0.218. The monoisotopic (exact) mass is 399 g/mol. The molecule has 0 atom stereocenters. The second kappa shape index (κ2) is 7.92. The van der Waals surface area contributed by atoms with Gasteiger partial charge in [0.2, 0.25) is 5.91 Å². The van der Waals surface area contributed by atoms with Crippen LogP contribution in [-0.4, -0.2) is 38.5 Å². The van der Waals surface area contributed by atoms with Crippen LogP contribution in [0.1, 0.15) is 5.56 Å². The smallest absolute Gasteiger partial charge is 0.294 e. The van der Waals surface area contributed by atoms with E-state index in [1.807, 2.05) is 6.07 Å². The maximum absolute atomic E-state index is 12.4. The molecule has 0 saturated carbocycles. The molecule has 0 radical (unpaired) electrons. The molecule has 0 aromatic heterocycles. The summed E-state index contributed by atoms with van der Waals surface area (Å²) in [6.07, 6.45) is 1.55. The second-order valence-electron chi connectivity index (χ2n) is 5.69. The molecule has 2 aromatic rings. The molecule has 9 nitrogen and oxygen atoms in total. The number of carbonyl (C=O) groups excluding carboxylic acids is 3. The zero-order valence-corrected chi connectivity index (χ0v) is 15.0. The molecule has 0 aliphatic carbocycles. The summed E-state index contributed by atoms with van der Waals surface area (Å²) in [5, 5.41) is 22.2. The number of thioether (sulfide) groups is 1. The highest BCUT2D eigenvalue weighted by Crippen LogP contribution is 2.32. The molecule has 1 aliphatic rings. The van der Waals surface area contributed by atoms with Gasteiger partial charge in [-0.25, -0.2) is 0 Å². The molecule has 0 spiro atoms. The molecule has 1 fully saturated rings. The molecule has 28 heavy (non-hydrogen) atoms.